The average molecular weight is 405 g/mol. The van der Waals surface area contributed by atoms with Crippen LogP contribution in [0.25, 0.3) is 22.6 Å². The fourth-order valence-corrected chi connectivity index (χ4v) is 3.88. The van der Waals surface area contributed by atoms with E-state index in [0.29, 0.717) is 42.5 Å². The number of aromatic nitrogens is 1. The number of benzene rings is 2. The van der Waals surface area contributed by atoms with Crippen molar-refractivity contribution in [2.24, 2.45) is 5.92 Å². The minimum atomic E-state index is 0.00319. The van der Waals surface area contributed by atoms with Gasteiger partial charge >= 0.3 is 0 Å². The van der Waals surface area contributed by atoms with Crippen molar-refractivity contribution in [3.63, 3.8) is 0 Å². The maximum Gasteiger partial charge on any atom is 0.253 e. The van der Waals surface area contributed by atoms with E-state index in [0.717, 1.165) is 36.9 Å². The van der Waals surface area contributed by atoms with Crippen molar-refractivity contribution < 1.29 is 14.0 Å². The lowest BCUT2D eigenvalue weighted by atomic mass is 9.93. The first kappa shape index (κ1) is 20.1. The molecule has 6 nitrogen and oxygen atoms in total. The van der Waals surface area contributed by atoms with E-state index in [2.05, 4.69) is 10.3 Å². The van der Waals surface area contributed by atoms with Crippen LogP contribution in [0.5, 0.6) is 0 Å². The van der Waals surface area contributed by atoms with Gasteiger partial charge in [-0.2, -0.15) is 0 Å². The van der Waals surface area contributed by atoms with Gasteiger partial charge in [0.1, 0.15) is 5.52 Å². The minimum absolute atomic E-state index is 0.00319. The fourth-order valence-electron chi connectivity index (χ4n) is 3.88. The Labute approximate surface area is 176 Å². The van der Waals surface area contributed by atoms with Gasteiger partial charge in [0.15, 0.2) is 5.58 Å². The number of rotatable bonds is 6. The third-order valence-electron chi connectivity index (χ3n) is 5.60. The zero-order valence-corrected chi connectivity index (χ0v) is 17.3. The maximum absolute atomic E-state index is 13.0. The second-order valence-corrected chi connectivity index (χ2v) is 7.86. The first-order valence-electron chi connectivity index (χ1n) is 10.7. The van der Waals surface area contributed by atoms with Crippen LogP contribution in [-0.2, 0) is 4.79 Å². The molecule has 2 aromatic carbocycles. The molecule has 1 fully saturated rings. The molecule has 156 valence electrons. The van der Waals surface area contributed by atoms with Crippen molar-refractivity contribution in [3.8, 4) is 11.5 Å². The number of likely N-dealkylation sites (tertiary alicyclic amines) is 1. The average Bonchev–Trinajstić information content (AvgIpc) is 3.22. The Balaban J connectivity index is 1.39. The molecule has 6 heteroatoms. The Morgan fingerprint density at radius 2 is 1.90 bits per heavy atom. The first-order valence-corrected chi connectivity index (χ1v) is 10.7. The van der Waals surface area contributed by atoms with Crippen molar-refractivity contribution in [2.45, 2.75) is 32.6 Å². The molecule has 1 aliphatic heterocycles. The molecule has 1 aromatic heterocycles. The van der Waals surface area contributed by atoms with Gasteiger partial charge in [0, 0.05) is 37.2 Å². The quantitative estimate of drug-likeness (QED) is 0.665. The van der Waals surface area contributed by atoms with E-state index < -0.39 is 0 Å². The lowest BCUT2D eigenvalue weighted by molar-refractivity contribution is -0.122. The molecule has 2 amide bonds. The summed E-state index contributed by atoms with van der Waals surface area (Å²) in [5.74, 6) is 1.02. The predicted molar refractivity (Wildman–Crippen MR) is 116 cm³/mol. The summed E-state index contributed by atoms with van der Waals surface area (Å²) in [4.78, 5) is 31.3. The molecule has 1 N–H and O–H groups in total. The van der Waals surface area contributed by atoms with E-state index in [1.54, 1.807) is 6.07 Å². The van der Waals surface area contributed by atoms with Gasteiger partial charge in [-0.25, -0.2) is 4.98 Å². The largest absolute Gasteiger partial charge is 0.436 e. The van der Waals surface area contributed by atoms with Crippen LogP contribution in [0.1, 0.15) is 43.0 Å². The molecular weight excluding hydrogens is 378 g/mol. The fraction of sp³-hybridized carbons (Fsp3) is 0.375. The Bertz CT molecular complexity index is 1020. The number of hydrogen-bond donors (Lipinski definition) is 1. The topological polar surface area (TPSA) is 75.4 Å². The number of oxazole rings is 1. The summed E-state index contributed by atoms with van der Waals surface area (Å²) < 4.78 is 5.90. The van der Waals surface area contributed by atoms with Gasteiger partial charge < -0.3 is 14.6 Å². The maximum atomic E-state index is 13.0. The second kappa shape index (κ2) is 9.11. The summed E-state index contributed by atoms with van der Waals surface area (Å²) in [6.07, 6.45) is 3.21. The van der Waals surface area contributed by atoms with Crippen molar-refractivity contribution in [3.05, 3.63) is 54.1 Å². The highest BCUT2D eigenvalue weighted by Crippen LogP contribution is 2.26. The number of amides is 2. The van der Waals surface area contributed by atoms with Gasteiger partial charge in [0.05, 0.1) is 0 Å². The number of hydrogen-bond acceptors (Lipinski definition) is 4. The van der Waals surface area contributed by atoms with Crippen LogP contribution in [0.2, 0.25) is 0 Å². The standard InChI is InChI=1S/C24H27N3O3/c1-2-12-25-22(28)15-17-10-13-27(14-11-17)24(29)19-8-9-20-21(16-19)30-23(26-20)18-6-4-3-5-7-18/h3-9,16-17H,2,10-15H2,1H3,(H,25,28). The molecule has 0 atom stereocenters. The van der Waals surface area contributed by atoms with E-state index in [9.17, 15) is 9.59 Å². The molecule has 0 radical (unpaired) electrons. The zero-order valence-electron chi connectivity index (χ0n) is 17.3. The molecule has 1 aliphatic rings. The predicted octanol–water partition coefficient (Wildman–Crippen LogP) is 4.26. The van der Waals surface area contributed by atoms with E-state index in [-0.39, 0.29) is 11.8 Å². The van der Waals surface area contributed by atoms with Crippen LogP contribution < -0.4 is 5.32 Å². The van der Waals surface area contributed by atoms with E-state index in [4.69, 9.17) is 4.42 Å². The van der Waals surface area contributed by atoms with Gasteiger partial charge in [-0.05, 0) is 55.5 Å². The second-order valence-electron chi connectivity index (χ2n) is 7.86. The number of nitrogens with zero attached hydrogens (tertiary/aromatic N) is 2. The van der Waals surface area contributed by atoms with Gasteiger partial charge in [-0.3, -0.25) is 9.59 Å². The molecule has 0 aliphatic carbocycles. The van der Waals surface area contributed by atoms with Crippen LogP contribution in [0, 0.1) is 5.92 Å². The van der Waals surface area contributed by atoms with Crippen LogP contribution in [0.4, 0.5) is 0 Å². The molecule has 0 bridgehead atoms. The molecule has 4 rings (SSSR count). The summed E-state index contributed by atoms with van der Waals surface area (Å²) in [7, 11) is 0. The third kappa shape index (κ3) is 4.53. The molecule has 3 aromatic rings. The summed E-state index contributed by atoms with van der Waals surface area (Å²) in [5, 5.41) is 2.93. The number of piperidine rings is 1. The molecular formula is C24H27N3O3. The Kier molecular flexibility index (Phi) is 6.12. The lowest BCUT2D eigenvalue weighted by Gasteiger charge is -2.31. The highest BCUT2D eigenvalue weighted by Gasteiger charge is 2.25. The Morgan fingerprint density at radius 3 is 2.63 bits per heavy atom. The minimum Gasteiger partial charge on any atom is -0.436 e. The normalized spacial score (nSPS) is 14.8. The highest BCUT2D eigenvalue weighted by atomic mass is 16.3. The third-order valence-corrected chi connectivity index (χ3v) is 5.60. The summed E-state index contributed by atoms with van der Waals surface area (Å²) in [6, 6.07) is 15.2. The van der Waals surface area contributed by atoms with Gasteiger partial charge in [0.25, 0.3) is 5.91 Å². The van der Waals surface area contributed by atoms with E-state index in [1.165, 1.54) is 0 Å². The highest BCUT2D eigenvalue weighted by molar-refractivity contribution is 5.97. The summed E-state index contributed by atoms with van der Waals surface area (Å²) in [6.45, 7) is 4.12. The summed E-state index contributed by atoms with van der Waals surface area (Å²) in [5.41, 5.74) is 2.87. The van der Waals surface area contributed by atoms with Crippen molar-refractivity contribution >= 4 is 22.9 Å². The molecule has 0 spiro atoms. The monoisotopic (exact) mass is 405 g/mol. The Morgan fingerprint density at radius 1 is 1.13 bits per heavy atom. The van der Waals surface area contributed by atoms with Crippen LogP contribution >= 0.6 is 0 Å². The number of carbonyl (C=O) groups excluding carboxylic acids is 2. The number of carbonyl (C=O) groups is 2. The Hall–Kier alpha value is -3.15. The van der Waals surface area contributed by atoms with E-state index in [1.807, 2.05) is 54.3 Å². The van der Waals surface area contributed by atoms with Gasteiger partial charge in [-0.1, -0.05) is 25.1 Å². The van der Waals surface area contributed by atoms with Gasteiger partial charge in [-0.15, -0.1) is 0 Å². The zero-order chi connectivity index (χ0) is 20.9. The SMILES string of the molecule is CCCNC(=O)CC1CCN(C(=O)c2ccc3nc(-c4ccccc4)oc3c2)CC1. The van der Waals surface area contributed by atoms with Crippen LogP contribution in [0.15, 0.2) is 52.9 Å². The summed E-state index contributed by atoms with van der Waals surface area (Å²) >= 11 is 0. The molecule has 0 unspecified atom stereocenters. The molecule has 30 heavy (non-hydrogen) atoms. The molecule has 0 saturated carbocycles. The smallest absolute Gasteiger partial charge is 0.253 e. The van der Waals surface area contributed by atoms with Crippen molar-refractivity contribution in [1.29, 1.82) is 0 Å². The van der Waals surface area contributed by atoms with Crippen LogP contribution in [-0.4, -0.2) is 41.3 Å². The number of nitrogens with one attached hydrogen (secondary N) is 1. The first-order chi connectivity index (χ1) is 14.6. The van der Waals surface area contributed by atoms with Crippen molar-refractivity contribution in [1.82, 2.24) is 15.2 Å². The van der Waals surface area contributed by atoms with E-state index >= 15 is 0 Å². The molecule has 2 heterocycles. The van der Waals surface area contributed by atoms with Crippen molar-refractivity contribution in [2.75, 3.05) is 19.6 Å². The molecule has 1 saturated heterocycles. The van der Waals surface area contributed by atoms with Gasteiger partial charge in [0.2, 0.25) is 11.8 Å². The lowest BCUT2D eigenvalue weighted by Crippen LogP contribution is -2.39. The van der Waals surface area contributed by atoms with Crippen LogP contribution in [0.3, 0.4) is 0 Å². The number of fused-ring (bicyclic) bond motifs is 1.